The summed E-state index contributed by atoms with van der Waals surface area (Å²) in [6.45, 7) is 2.04. The lowest BCUT2D eigenvalue weighted by molar-refractivity contribution is -0.116. The Hall–Kier alpha value is -2.32. The van der Waals surface area contributed by atoms with E-state index in [-0.39, 0.29) is 5.91 Å². The predicted molar refractivity (Wildman–Crippen MR) is 105 cm³/mol. The molecule has 0 bridgehead atoms. The Morgan fingerprint density at radius 3 is 2.88 bits per heavy atom. The summed E-state index contributed by atoms with van der Waals surface area (Å²) in [4.78, 5) is 13.4. The van der Waals surface area contributed by atoms with E-state index in [2.05, 4.69) is 11.4 Å². The minimum Gasteiger partial charge on any atom is -0.490 e. The van der Waals surface area contributed by atoms with E-state index in [9.17, 15) is 10.1 Å². The molecule has 1 saturated carbocycles. The molecule has 4 nitrogen and oxygen atoms in total. The van der Waals surface area contributed by atoms with Crippen molar-refractivity contribution in [2.45, 2.75) is 58.0 Å². The molecule has 136 valence electrons. The van der Waals surface area contributed by atoms with Gasteiger partial charge in [0.05, 0.1) is 11.7 Å². The molecule has 3 rings (SSSR count). The van der Waals surface area contributed by atoms with Gasteiger partial charge in [0.1, 0.15) is 16.8 Å². The highest BCUT2D eigenvalue weighted by atomic mass is 32.1. The Kier molecular flexibility index (Phi) is 6.30. The summed E-state index contributed by atoms with van der Waals surface area (Å²) in [7, 11) is 0. The summed E-state index contributed by atoms with van der Waals surface area (Å²) in [6.07, 6.45) is 7.00. The fourth-order valence-electron chi connectivity index (χ4n) is 3.21. The van der Waals surface area contributed by atoms with Crippen LogP contribution in [0, 0.1) is 11.3 Å². The molecule has 1 amide bonds. The van der Waals surface area contributed by atoms with Gasteiger partial charge in [-0.1, -0.05) is 19.1 Å². The average molecular weight is 369 g/mol. The molecule has 1 aliphatic rings. The molecule has 0 atom stereocenters. The number of benzene rings is 1. The quantitative estimate of drug-likeness (QED) is 0.742. The smallest absolute Gasteiger partial charge is 0.225 e. The van der Waals surface area contributed by atoms with Gasteiger partial charge >= 0.3 is 0 Å². The van der Waals surface area contributed by atoms with Crippen LogP contribution in [0.25, 0.3) is 0 Å². The van der Waals surface area contributed by atoms with Crippen molar-refractivity contribution in [1.29, 1.82) is 5.26 Å². The van der Waals surface area contributed by atoms with Crippen LogP contribution in [0.3, 0.4) is 0 Å². The van der Waals surface area contributed by atoms with Crippen molar-refractivity contribution >= 4 is 22.2 Å². The Balaban J connectivity index is 1.54. The molecule has 1 aliphatic carbocycles. The van der Waals surface area contributed by atoms with E-state index in [0.29, 0.717) is 29.5 Å². The molecule has 0 unspecified atom stereocenters. The van der Waals surface area contributed by atoms with Gasteiger partial charge < -0.3 is 10.1 Å². The zero-order valence-electron chi connectivity index (χ0n) is 15.1. The highest BCUT2D eigenvalue weighted by Crippen LogP contribution is 2.28. The van der Waals surface area contributed by atoms with Gasteiger partial charge in [0, 0.05) is 11.3 Å². The highest BCUT2D eigenvalue weighted by Gasteiger charge is 2.16. The van der Waals surface area contributed by atoms with E-state index in [1.165, 1.54) is 24.2 Å². The van der Waals surface area contributed by atoms with Gasteiger partial charge in [-0.05, 0) is 62.3 Å². The maximum atomic E-state index is 12.3. The van der Waals surface area contributed by atoms with E-state index in [0.717, 1.165) is 35.5 Å². The van der Waals surface area contributed by atoms with Gasteiger partial charge in [0.25, 0.3) is 0 Å². The zero-order valence-corrected chi connectivity index (χ0v) is 15.9. The molecule has 1 aromatic carbocycles. The minimum absolute atomic E-state index is 0.0619. The molecular formula is C21H24N2O2S. The molecule has 1 heterocycles. The van der Waals surface area contributed by atoms with Gasteiger partial charge in [-0.25, -0.2) is 0 Å². The van der Waals surface area contributed by atoms with Crippen LogP contribution in [0.4, 0.5) is 5.00 Å². The predicted octanol–water partition coefficient (Wildman–Crippen LogP) is 5.07. The van der Waals surface area contributed by atoms with Crippen LogP contribution in [-0.4, -0.2) is 12.0 Å². The summed E-state index contributed by atoms with van der Waals surface area (Å²) in [6, 6.07) is 12.0. The lowest BCUT2D eigenvalue weighted by Gasteiger charge is -2.13. The van der Waals surface area contributed by atoms with Crippen molar-refractivity contribution in [1.82, 2.24) is 0 Å². The third-order valence-corrected chi connectivity index (χ3v) is 5.84. The molecule has 5 heteroatoms. The number of nitrogens with one attached hydrogen (secondary N) is 1. The number of rotatable bonds is 7. The van der Waals surface area contributed by atoms with Crippen LogP contribution >= 0.6 is 11.3 Å². The second-order valence-corrected chi connectivity index (χ2v) is 7.78. The summed E-state index contributed by atoms with van der Waals surface area (Å²) in [5.41, 5.74) is 1.64. The number of carbonyl (C=O) groups excluding carboxylic acids is 1. The average Bonchev–Trinajstić information content (AvgIpc) is 3.29. The van der Waals surface area contributed by atoms with Gasteiger partial charge in [-0.15, -0.1) is 11.3 Å². The fraction of sp³-hybridized carbons (Fsp3) is 0.429. The fourth-order valence-corrected chi connectivity index (χ4v) is 4.17. The number of carbonyl (C=O) groups is 1. The number of anilines is 1. The lowest BCUT2D eigenvalue weighted by atomic mass is 10.1. The first kappa shape index (κ1) is 18.5. The Morgan fingerprint density at radius 1 is 1.35 bits per heavy atom. The van der Waals surface area contributed by atoms with Crippen LogP contribution in [-0.2, 0) is 17.6 Å². The Morgan fingerprint density at radius 2 is 2.15 bits per heavy atom. The number of nitrogens with zero attached hydrogens (tertiary/aromatic N) is 1. The molecule has 0 aliphatic heterocycles. The van der Waals surface area contributed by atoms with E-state index >= 15 is 0 Å². The van der Waals surface area contributed by atoms with Gasteiger partial charge in [-0.2, -0.15) is 5.26 Å². The van der Waals surface area contributed by atoms with Crippen molar-refractivity contribution in [2.24, 2.45) is 0 Å². The van der Waals surface area contributed by atoms with E-state index < -0.39 is 0 Å². The molecule has 1 aromatic heterocycles. The third-order valence-electron chi connectivity index (χ3n) is 4.65. The van der Waals surface area contributed by atoms with Crippen molar-refractivity contribution in [3.05, 3.63) is 46.3 Å². The molecule has 0 saturated heterocycles. The van der Waals surface area contributed by atoms with Crippen molar-refractivity contribution in [3.8, 4) is 11.8 Å². The number of hydrogen-bond donors (Lipinski definition) is 1. The number of ether oxygens (including phenoxy) is 1. The van der Waals surface area contributed by atoms with Crippen LogP contribution in [0.15, 0.2) is 30.3 Å². The second kappa shape index (κ2) is 8.86. The largest absolute Gasteiger partial charge is 0.490 e. The highest BCUT2D eigenvalue weighted by molar-refractivity contribution is 7.16. The summed E-state index contributed by atoms with van der Waals surface area (Å²) in [5.74, 6) is 0.834. The van der Waals surface area contributed by atoms with E-state index in [1.54, 1.807) is 0 Å². The minimum atomic E-state index is -0.0619. The summed E-state index contributed by atoms with van der Waals surface area (Å²) in [5, 5.41) is 12.7. The molecule has 0 radical (unpaired) electrons. The van der Waals surface area contributed by atoms with E-state index in [1.807, 2.05) is 37.3 Å². The Labute approximate surface area is 158 Å². The maximum absolute atomic E-state index is 12.3. The van der Waals surface area contributed by atoms with Crippen molar-refractivity contribution < 1.29 is 9.53 Å². The van der Waals surface area contributed by atoms with Gasteiger partial charge in [0.2, 0.25) is 5.91 Å². The molecule has 26 heavy (non-hydrogen) atoms. The molecular weight excluding hydrogens is 344 g/mol. The topological polar surface area (TPSA) is 62.1 Å². The number of hydrogen-bond acceptors (Lipinski definition) is 4. The number of thiophene rings is 1. The van der Waals surface area contributed by atoms with Crippen molar-refractivity contribution in [2.75, 3.05) is 5.32 Å². The van der Waals surface area contributed by atoms with Crippen molar-refractivity contribution in [3.63, 3.8) is 0 Å². The number of aryl methyl sites for hydroxylation is 2. The van der Waals surface area contributed by atoms with Crippen LogP contribution in [0.5, 0.6) is 5.75 Å². The first-order chi connectivity index (χ1) is 12.7. The zero-order chi connectivity index (χ0) is 18.4. The molecule has 2 aromatic rings. The standard InChI is InChI=1S/C21H24N2O2S/c1-2-19-13-16(14-22)21(26-19)23-20(24)11-10-15-6-5-9-18(12-15)25-17-7-3-4-8-17/h5-6,9,12-13,17H,2-4,7-8,10-11H2,1H3,(H,23,24). The second-order valence-electron chi connectivity index (χ2n) is 6.64. The third kappa shape index (κ3) is 4.86. The lowest BCUT2D eigenvalue weighted by Crippen LogP contribution is -2.12. The maximum Gasteiger partial charge on any atom is 0.225 e. The SMILES string of the molecule is CCc1cc(C#N)c(NC(=O)CCc2cccc(OC3CCCC3)c2)s1. The van der Waals surface area contributed by atoms with Crippen LogP contribution in [0.1, 0.15) is 55.0 Å². The monoisotopic (exact) mass is 368 g/mol. The normalized spacial score (nSPS) is 14.2. The Bertz CT molecular complexity index is 801. The first-order valence-electron chi connectivity index (χ1n) is 9.26. The number of amides is 1. The van der Waals surface area contributed by atoms with Crippen LogP contribution in [0.2, 0.25) is 0 Å². The van der Waals surface area contributed by atoms with Crippen LogP contribution < -0.4 is 10.1 Å². The summed E-state index contributed by atoms with van der Waals surface area (Å²) >= 11 is 1.48. The molecule has 1 N–H and O–H groups in total. The van der Waals surface area contributed by atoms with Gasteiger partial charge in [-0.3, -0.25) is 4.79 Å². The molecule has 1 fully saturated rings. The van der Waals surface area contributed by atoms with Gasteiger partial charge in [0.15, 0.2) is 0 Å². The molecule has 0 spiro atoms. The first-order valence-corrected chi connectivity index (χ1v) is 10.1. The summed E-state index contributed by atoms with van der Waals surface area (Å²) < 4.78 is 6.03. The van der Waals surface area contributed by atoms with E-state index in [4.69, 9.17) is 4.74 Å². The number of nitriles is 1.